The first-order chi connectivity index (χ1) is 6.33. The zero-order chi connectivity index (χ0) is 9.52. The summed E-state index contributed by atoms with van der Waals surface area (Å²) in [6.07, 6.45) is 3.00. The van der Waals surface area contributed by atoms with Crippen LogP contribution in [-0.4, -0.2) is 30.0 Å². The van der Waals surface area contributed by atoms with Gasteiger partial charge in [-0.3, -0.25) is 4.68 Å². The second-order valence-electron chi connectivity index (χ2n) is 3.00. The van der Waals surface area contributed by atoms with E-state index in [2.05, 4.69) is 10.4 Å². The van der Waals surface area contributed by atoms with Gasteiger partial charge in [-0.15, -0.1) is 0 Å². The van der Waals surface area contributed by atoms with E-state index in [4.69, 9.17) is 4.74 Å². The number of aryl methyl sites for hydroxylation is 1. The summed E-state index contributed by atoms with van der Waals surface area (Å²) in [5.74, 6) is 0. The predicted octanol–water partition coefficient (Wildman–Crippen LogP) is 0.546. The molecule has 1 heterocycles. The highest BCUT2D eigenvalue weighted by Gasteiger charge is 1.94. The fraction of sp³-hybridized carbons (Fsp3) is 0.667. The van der Waals surface area contributed by atoms with Gasteiger partial charge in [-0.25, -0.2) is 0 Å². The molecule has 1 N–H and O–H groups in total. The molecule has 1 aromatic rings. The molecule has 0 atom stereocenters. The van der Waals surface area contributed by atoms with Gasteiger partial charge in [-0.1, -0.05) is 0 Å². The summed E-state index contributed by atoms with van der Waals surface area (Å²) >= 11 is 0. The molecule has 74 valence electrons. The first-order valence-corrected chi connectivity index (χ1v) is 4.51. The van der Waals surface area contributed by atoms with E-state index in [1.807, 2.05) is 24.0 Å². The average molecular weight is 183 g/mol. The molecule has 0 saturated heterocycles. The SMILES string of the molecule is COCCCNCc1ccn(C)n1. The molecule has 4 nitrogen and oxygen atoms in total. The number of rotatable bonds is 6. The van der Waals surface area contributed by atoms with Gasteiger partial charge >= 0.3 is 0 Å². The van der Waals surface area contributed by atoms with Gasteiger partial charge in [0.1, 0.15) is 0 Å². The molecule has 0 fully saturated rings. The monoisotopic (exact) mass is 183 g/mol. The van der Waals surface area contributed by atoms with Gasteiger partial charge in [0, 0.05) is 33.5 Å². The van der Waals surface area contributed by atoms with Gasteiger partial charge in [0.15, 0.2) is 0 Å². The molecule has 0 aliphatic heterocycles. The number of ether oxygens (including phenoxy) is 1. The molecule has 0 saturated carbocycles. The molecule has 0 spiro atoms. The van der Waals surface area contributed by atoms with Crippen LogP contribution in [0.3, 0.4) is 0 Å². The summed E-state index contributed by atoms with van der Waals surface area (Å²) in [7, 11) is 3.65. The van der Waals surface area contributed by atoms with Crippen molar-refractivity contribution in [2.45, 2.75) is 13.0 Å². The first-order valence-electron chi connectivity index (χ1n) is 4.51. The number of nitrogens with zero attached hydrogens (tertiary/aromatic N) is 2. The summed E-state index contributed by atoms with van der Waals surface area (Å²) in [6, 6.07) is 2.02. The highest BCUT2D eigenvalue weighted by molar-refractivity contribution is 4.97. The number of hydrogen-bond acceptors (Lipinski definition) is 3. The molecule has 13 heavy (non-hydrogen) atoms. The molecular weight excluding hydrogens is 166 g/mol. The maximum atomic E-state index is 4.94. The molecule has 1 rings (SSSR count). The van der Waals surface area contributed by atoms with Crippen LogP contribution in [0.4, 0.5) is 0 Å². The molecule has 0 radical (unpaired) electrons. The number of aromatic nitrogens is 2. The largest absolute Gasteiger partial charge is 0.385 e. The lowest BCUT2D eigenvalue weighted by Crippen LogP contribution is -2.16. The summed E-state index contributed by atoms with van der Waals surface area (Å²) in [4.78, 5) is 0. The Hall–Kier alpha value is -0.870. The Morgan fingerprint density at radius 3 is 3.08 bits per heavy atom. The minimum atomic E-state index is 0.815. The van der Waals surface area contributed by atoms with Crippen molar-refractivity contribution in [3.8, 4) is 0 Å². The Bertz CT molecular complexity index is 235. The van der Waals surface area contributed by atoms with Crippen LogP contribution < -0.4 is 5.32 Å². The third-order valence-electron chi connectivity index (χ3n) is 1.78. The van der Waals surface area contributed by atoms with Crippen LogP contribution in [-0.2, 0) is 18.3 Å². The van der Waals surface area contributed by atoms with E-state index in [9.17, 15) is 0 Å². The number of nitrogens with one attached hydrogen (secondary N) is 1. The fourth-order valence-electron chi connectivity index (χ4n) is 1.12. The van der Waals surface area contributed by atoms with Crippen molar-refractivity contribution >= 4 is 0 Å². The molecule has 4 heteroatoms. The minimum absolute atomic E-state index is 0.815. The lowest BCUT2D eigenvalue weighted by Gasteiger charge is -2.01. The second-order valence-corrected chi connectivity index (χ2v) is 3.00. The second kappa shape index (κ2) is 5.72. The van der Waals surface area contributed by atoms with E-state index in [0.717, 1.165) is 31.8 Å². The Labute approximate surface area is 78.9 Å². The summed E-state index contributed by atoms with van der Waals surface area (Å²) in [5, 5.41) is 7.55. The predicted molar refractivity (Wildman–Crippen MR) is 51.4 cm³/mol. The standard InChI is InChI=1S/C9H17N3O/c1-12-6-4-9(11-12)8-10-5-3-7-13-2/h4,6,10H,3,5,7-8H2,1-2H3. The highest BCUT2D eigenvalue weighted by Crippen LogP contribution is 1.92. The normalized spacial score (nSPS) is 10.6. The highest BCUT2D eigenvalue weighted by atomic mass is 16.5. The first kappa shape index (κ1) is 10.2. The van der Waals surface area contributed by atoms with Gasteiger partial charge in [0.05, 0.1) is 5.69 Å². The van der Waals surface area contributed by atoms with Crippen LogP contribution in [0.1, 0.15) is 12.1 Å². The van der Waals surface area contributed by atoms with Gasteiger partial charge in [0.25, 0.3) is 0 Å². The maximum Gasteiger partial charge on any atom is 0.0762 e. The van der Waals surface area contributed by atoms with Crippen molar-refractivity contribution in [2.75, 3.05) is 20.3 Å². The lowest BCUT2D eigenvalue weighted by atomic mass is 10.4. The molecule has 0 aliphatic carbocycles. The molecule has 0 amide bonds. The molecule has 0 aliphatic rings. The zero-order valence-electron chi connectivity index (χ0n) is 8.29. The lowest BCUT2D eigenvalue weighted by molar-refractivity contribution is 0.194. The summed E-state index contributed by atoms with van der Waals surface area (Å²) in [5.41, 5.74) is 1.08. The Morgan fingerprint density at radius 1 is 1.62 bits per heavy atom. The van der Waals surface area contributed by atoms with E-state index < -0.39 is 0 Å². The Balaban J connectivity index is 2.06. The molecular formula is C9H17N3O. The van der Waals surface area contributed by atoms with Crippen molar-refractivity contribution in [1.82, 2.24) is 15.1 Å². The van der Waals surface area contributed by atoms with Crippen LogP contribution >= 0.6 is 0 Å². The zero-order valence-corrected chi connectivity index (χ0v) is 8.29. The van der Waals surface area contributed by atoms with Crippen LogP contribution in [0.2, 0.25) is 0 Å². The van der Waals surface area contributed by atoms with Gasteiger partial charge in [-0.2, -0.15) is 5.10 Å². The van der Waals surface area contributed by atoms with E-state index in [0.29, 0.717) is 0 Å². The van der Waals surface area contributed by atoms with E-state index in [-0.39, 0.29) is 0 Å². The van der Waals surface area contributed by atoms with Gasteiger partial charge < -0.3 is 10.1 Å². The molecule has 1 aromatic heterocycles. The van der Waals surface area contributed by atoms with Gasteiger partial charge in [-0.05, 0) is 19.0 Å². The third-order valence-corrected chi connectivity index (χ3v) is 1.78. The Morgan fingerprint density at radius 2 is 2.46 bits per heavy atom. The fourth-order valence-corrected chi connectivity index (χ4v) is 1.12. The van der Waals surface area contributed by atoms with Crippen LogP contribution in [0.15, 0.2) is 12.3 Å². The third kappa shape index (κ3) is 4.05. The maximum absolute atomic E-state index is 4.94. The Kier molecular flexibility index (Phi) is 4.49. The number of methoxy groups -OCH3 is 1. The van der Waals surface area contributed by atoms with E-state index in [1.165, 1.54) is 0 Å². The van der Waals surface area contributed by atoms with Crippen molar-refractivity contribution in [3.05, 3.63) is 18.0 Å². The van der Waals surface area contributed by atoms with Gasteiger partial charge in [0.2, 0.25) is 0 Å². The van der Waals surface area contributed by atoms with E-state index in [1.54, 1.807) is 7.11 Å². The minimum Gasteiger partial charge on any atom is -0.385 e. The topological polar surface area (TPSA) is 39.1 Å². The van der Waals surface area contributed by atoms with Crippen LogP contribution in [0.25, 0.3) is 0 Å². The molecule has 0 unspecified atom stereocenters. The number of hydrogen-bond donors (Lipinski definition) is 1. The molecule has 0 aromatic carbocycles. The van der Waals surface area contributed by atoms with Crippen molar-refractivity contribution in [2.24, 2.45) is 7.05 Å². The average Bonchev–Trinajstić information content (AvgIpc) is 2.51. The van der Waals surface area contributed by atoms with E-state index >= 15 is 0 Å². The summed E-state index contributed by atoms with van der Waals surface area (Å²) < 4.78 is 6.75. The van der Waals surface area contributed by atoms with Crippen molar-refractivity contribution in [3.63, 3.8) is 0 Å². The quantitative estimate of drug-likeness (QED) is 0.654. The summed E-state index contributed by atoms with van der Waals surface area (Å²) in [6.45, 7) is 2.63. The van der Waals surface area contributed by atoms with Crippen molar-refractivity contribution < 1.29 is 4.74 Å². The van der Waals surface area contributed by atoms with Crippen molar-refractivity contribution in [1.29, 1.82) is 0 Å². The molecule has 0 bridgehead atoms. The smallest absolute Gasteiger partial charge is 0.0762 e. The van der Waals surface area contributed by atoms with Crippen LogP contribution in [0.5, 0.6) is 0 Å². The van der Waals surface area contributed by atoms with Crippen LogP contribution in [0, 0.1) is 0 Å².